The summed E-state index contributed by atoms with van der Waals surface area (Å²) in [5.74, 6) is 3.38. The molecule has 0 spiro atoms. The highest BCUT2D eigenvalue weighted by atomic mass is 32.2. The smallest absolute Gasteiger partial charge is 0.245 e. The number of likely N-dealkylation sites (tertiary alicyclic amines) is 1. The van der Waals surface area contributed by atoms with Crippen LogP contribution >= 0.6 is 23.5 Å². The molecule has 126 valence electrons. The fourth-order valence-corrected chi connectivity index (χ4v) is 6.53. The van der Waals surface area contributed by atoms with E-state index in [1.807, 2.05) is 23.5 Å². The molecule has 3 aliphatic rings. The third-order valence-electron chi connectivity index (χ3n) is 4.76. The fourth-order valence-electron chi connectivity index (χ4n) is 3.78. The van der Waals surface area contributed by atoms with Crippen LogP contribution in [-0.4, -0.2) is 76.7 Å². The zero-order chi connectivity index (χ0) is 15.5. The van der Waals surface area contributed by atoms with Gasteiger partial charge < -0.3 is 9.64 Å². The molecule has 3 saturated heterocycles. The van der Waals surface area contributed by atoms with Gasteiger partial charge in [-0.1, -0.05) is 0 Å². The van der Waals surface area contributed by atoms with Gasteiger partial charge in [0.2, 0.25) is 5.91 Å². The van der Waals surface area contributed by atoms with Gasteiger partial charge in [-0.05, 0) is 32.6 Å². The second-order valence-electron chi connectivity index (χ2n) is 6.82. The molecular formula is C16H28N2O2S2. The van der Waals surface area contributed by atoms with E-state index in [1.54, 1.807) is 0 Å². The molecule has 3 fully saturated rings. The lowest BCUT2D eigenvalue weighted by Gasteiger charge is -2.39. The fraction of sp³-hybridized carbons (Fsp3) is 0.938. The second kappa shape index (κ2) is 7.77. The standard InChI is InChI=1S/C16H28N2O2S2/c1-12-9-17(10-13(2)20-12)11-14-3-5-18(6-4-14)15(19)16-21-7-8-22-16/h12-14,16H,3-11H2,1-2H3/t12-,13-/m1/s1. The van der Waals surface area contributed by atoms with Crippen molar-refractivity contribution >= 4 is 29.4 Å². The molecule has 0 aromatic rings. The van der Waals surface area contributed by atoms with Crippen molar-refractivity contribution in [1.82, 2.24) is 9.80 Å². The van der Waals surface area contributed by atoms with Crippen molar-refractivity contribution in [2.45, 2.75) is 43.5 Å². The second-order valence-corrected chi connectivity index (χ2v) is 9.54. The summed E-state index contributed by atoms with van der Waals surface area (Å²) in [4.78, 5) is 17.1. The Hall–Kier alpha value is 0.0900. The number of amides is 1. The molecule has 3 heterocycles. The normalized spacial score (nSPS) is 32.5. The van der Waals surface area contributed by atoms with Crippen molar-refractivity contribution in [1.29, 1.82) is 0 Å². The van der Waals surface area contributed by atoms with Crippen molar-refractivity contribution in [3.8, 4) is 0 Å². The Bertz CT molecular complexity index is 372. The van der Waals surface area contributed by atoms with Gasteiger partial charge in [-0.2, -0.15) is 0 Å². The van der Waals surface area contributed by atoms with E-state index >= 15 is 0 Å². The quantitative estimate of drug-likeness (QED) is 0.783. The number of carbonyl (C=O) groups is 1. The van der Waals surface area contributed by atoms with E-state index in [2.05, 4.69) is 23.6 Å². The van der Waals surface area contributed by atoms with Crippen LogP contribution in [0, 0.1) is 5.92 Å². The van der Waals surface area contributed by atoms with Gasteiger partial charge in [0.25, 0.3) is 0 Å². The van der Waals surface area contributed by atoms with E-state index in [0.29, 0.717) is 18.1 Å². The number of hydrogen-bond acceptors (Lipinski definition) is 5. The van der Waals surface area contributed by atoms with E-state index in [1.165, 1.54) is 6.54 Å². The Labute approximate surface area is 142 Å². The Morgan fingerprint density at radius 1 is 1.09 bits per heavy atom. The first kappa shape index (κ1) is 16.9. The first-order valence-corrected chi connectivity index (χ1v) is 10.6. The largest absolute Gasteiger partial charge is 0.373 e. The lowest BCUT2D eigenvalue weighted by molar-refractivity contribution is -0.130. The molecule has 6 heteroatoms. The summed E-state index contributed by atoms with van der Waals surface area (Å²) in [6.45, 7) is 9.53. The summed E-state index contributed by atoms with van der Waals surface area (Å²) in [5, 5.41) is 0. The third-order valence-corrected chi connectivity index (χ3v) is 7.72. The third kappa shape index (κ3) is 4.34. The van der Waals surface area contributed by atoms with Crippen LogP contribution in [0.2, 0.25) is 0 Å². The first-order chi connectivity index (χ1) is 10.6. The van der Waals surface area contributed by atoms with E-state index in [4.69, 9.17) is 4.74 Å². The molecule has 2 atom stereocenters. The molecule has 1 amide bonds. The maximum atomic E-state index is 12.4. The van der Waals surface area contributed by atoms with E-state index in [9.17, 15) is 4.79 Å². The molecule has 0 aromatic heterocycles. The highest BCUT2D eigenvalue weighted by molar-refractivity contribution is 8.21. The molecule has 0 N–H and O–H groups in total. The molecule has 0 saturated carbocycles. The predicted octanol–water partition coefficient (Wildman–Crippen LogP) is 2.14. The first-order valence-electron chi connectivity index (χ1n) is 8.51. The Morgan fingerprint density at radius 2 is 1.68 bits per heavy atom. The van der Waals surface area contributed by atoms with E-state index in [-0.39, 0.29) is 4.58 Å². The minimum absolute atomic E-state index is 0.178. The predicted molar refractivity (Wildman–Crippen MR) is 94.5 cm³/mol. The molecule has 0 aliphatic carbocycles. The van der Waals surface area contributed by atoms with Gasteiger partial charge in [0.05, 0.1) is 12.2 Å². The van der Waals surface area contributed by atoms with Crippen LogP contribution in [-0.2, 0) is 9.53 Å². The summed E-state index contributed by atoms with van der Waals surface area (Å²) in [7, 11) is 0. The zero-order valence-electron chi connectivity index (χ0n) is 13.7. The van der Waals surface area contributed by atoms with Crippen LogP contribution in [0.25, 0.3) is 0 Å². The number of morpholine rings is 1. The van der Waals surface area contributed by atoms with Crippen LogP contribution in [0.5, 0.6) is 0 Å². The molecule has 0 radical (unpaired) electrons. The topological polar surface area (TPSA) is 32.8 Å². The van der Waals surface area contributed by atoms with Crippen LogP contribution < -0.4 is 0 Å². The monoisotopic (exact) mass is 344 g/mol. The number of ether oxygens (including phenoxy) is 1. The number of thioether (sulfide) groups is 2. The van der Waals surface area contributed by atoms with Gasteiger partial charge in [-0.15, -0.1) is 23.5 Å². The minimum Gasteiger partial charge on any atom is -0.373 e. The number of hydrogen-bond donors (Lipinski definition) is 0. The minimum atomic E-state index is 0.178. The van der Waals surface area contributed by atoms with Crippen LogP contribution in [0.15, 0.2) is 0 Å². The van der Waals surface area contributed by atoms with Crippen molar-refractivity contribution in [3.05, 3.63) is 0 Å². The van der Waals surface area contributed by atoms with Crippen molar-refractivity contribution in [3.63, 3.8) is 0 Å². The molecule has 22 heavy (non-hydrogen) atoms. The highest BCUT2D eigenvalue weighted by Gasteiger charge is 2.32. The SMILES string of the molecule is C[C@@H]1CN(CC2CCN(C(=O)C3SCCS3)CC2)C[C@@H](C)O1. The molecule has 0 bridgehead atoms. The summed E-state index contributed by atoms with van der Waals surface area (Å²) in [6.07, 6.45) is 3.02. The van der Waals surface area contributed by atoms with Gasteiger partial charge in [-0.3, -0.25) is 9.69 Å². The number of rotatable bonds is 3. The maximum Gasteiger partial charge on any atom is 0.245 e. The molecule has 4 nitrogen and oxygen atoms in total. The summed E-state index contributed by atoms with van der Waals surface area (Å²) < 4.78 is 5.99. The van der Waals surface area contributed by atoms with E-state index in [0.717, 1.165) is 56.4 Å². The van der Waals surface area contributed by atoms with Gasteiger partial charge >= 0.3 is 0 Å². The van der Waals surface area contributed by atoms with E-state index < -0.39 is 0 Å². The molecular weight excluding hydrogens is 316 g/mol. The van der Waals surface area contributed by atoms with Crippen molar-refractivity contribution in [2.75, 3.05) is 44.2 Å². The van der Waals surface area contributed by atoms with Gasteiger partial charge in [0.1, 0.15) is 4.58 Å². The summed E-state index contributed by atoms with van der Waals surface area (Å²) in [5.41, 5.74) is 0. The number of nitrogens with zero attached hydrogens (tertiary/aromatic N) is 2. The summed E-state index contributed by atoms with van der Waals surface area (Å²) >= 11 is 3.65. The number of carbonyl (C=O) groups excluding carboxylic acids is 1. The molecule has 0 unspecified atom stereocenters. The molecule has 3 rings (SSSR count). The molecule has 3 aliphatic heterocycles. The number of piperidine rings is 1. The summed E-state index contributed by atoms with van der Waals surface area (Å²) in [6, 6.07) is 0. The van der Waals surface area contributed by atoms with Crippen LogP contribution in [0.3, 0.4) is 0 Å². The van der Waals surface area contributed by atoms with Crippen LogP contribution in [0.1, 0.15) is 26.7 Å². The average molecular weight is 345 g/mol. The molecule has 0 aromatic carbocycles. The zero-order valence-corrected chi connectivity index (χ0v) is 15.3. The Morgan fingerprint density at radius 3 is 2.27 bits per heavy atom. The Kier molecular flexibility index (Phi) is 5.98. The Balaban J connectivity index is 1.42. The lowest BCUT2D eigenvalue weighted by atomic mass is 9.95. The van der Waals surface area contributed by atoms with Gasteiger partial charge in [-0.25, -0.2) is 0 Å². The van der Waals surface area contributed by atoms with Crippen LogP contribution in [0.4, 0.5) is 0 Å². The lowest BCUT2D eigenvalue weighted by Crippen LogP contribution is -2.49. The van der Waals surface area contributed by atoms with Crippen molar-refractivity contribution < 1.29 is 9.53 Å². The maximum absolute atomic E-state index is 12.4. The van der Waals surface area contributed by atoms with Crippen molar-refractivity contribution in [2.24, 2.45) is 5.92 Å². The average Bonchev–Trinajstić information content (AvgIpc) is 3.00. The van der Waals surface area contributed by atoms with Gasteiger partial charge in [0, 0.05) is 44.2 Å². The van der Waals surface area contributed by atoms with Gasteiger partial charge in [0.15, 0.2) is 0 Å². The highest BCUT2D eigenvalue weighted by Crippen LogP contribution is 2.34.